The van der Waals surface area contributed by atoms with E-state index in [4.69, 9.17) is 4.74 Å². The number of halogens is 1. The molecule has 1 aliphatic rings. The number of carbonyl (C=O) groups excluding carboxylic acids is 2. The molecule has 0 aromatic heterocycles. The summed E-state index contributed by atoms with van der Waals surface area (Å²) in [5.41, 5.74) is 2.07. The molecule has 2 amide bonds. The number of hydrogen-bond donors (Lipinski definition) is 3. The average molecular weight is 343 g/mol. The number of fused-ring (bicyclic) bond motifs is 1. The van der Waals surface area contributed by atoms with Gasteiger partial charge in [0.05, 0.1) is 16.9 Å². The Morgan fingerprint density at radius 1 is 1.12 bits per heavy atom. The molecular formula is C18H18FN3O3. The van der Waals surface area contributed by atoms with Gasteiger partial charge in [0.25, 0.3) is 11.8 Å². The van der Waals surface area contributed by atoms with Gasteiger partial charge < -0.3 is 20.7 Å². The fraction of sp³-hybridized carbons (Fsp3) is 0.222. The molecule has 0 aliphatic carbocycles. The van der Waals surface area contributed by atoms with Crippen molar-refractivity contribution in [3.63, 3.8) is 0 Å². The van der Waals surface area contributed by atoms with Crippen LogP contribution in [0.1, 0.15) is 20.7 Å². The van der Waals surface area contributed by atoms with E-state index in [0.717, 1.165) is 0 Å². The van der Waals surface area contributed by atoms with Crippen molar-refractivity contribution in [1.29, 1.82) is 0 Å². The molecule has 2 aromatic rings. The molecule has 3 rings (SSSR count). The van der Waals surface area contributed by atoms with Crippen LogP contribution in [0.5, 0.6) is 5.75 Å². The average Bonchev–Trinajstić information content (AvgIpc) is 2.83. The van der Waals surface area contributed by atoms with Crippen LogP contribution in [0.3, 0.4) is 0 Å². The van der Waals surface area contributed by atoms with Gasteiger partial charge in [-0.1, -0.05) is 6.07 Å². The first-order valence-corrected chi connectivity index (χ1v) is 7.94. The Bertz CT molecular complexity index is 778. The molecule has 2 aromatic carbocycles. The normalized spacial score (nSPS) is 13.1. The molecule has 0 atom stereocenters. The quantitative estimate of drug-likeness (QED) is 0.779. The standard InChI is InChI=1S/C18H18FN3O3/c19-8-11-25-13-6-4-12(5-7-13)17(23)22-15-3-1-2-14-16(15)20-9-10-21-18(14)24/h1-7,20H,8-11H2,(H,21,24)(H,22,23). The molecule has 0 bridgehead atoms. The summed E-state index contributed by atoms with van der Waals surface area (Å²) in [7, 11) is 0. The maximum Gasteiger partial charge on any atom is 0.255 e. The Morgan fingerprint density at radius 2 is 1.88 bits per heavy atom. The van der Waals surface area contributed by atoms with E-state index in [2.05, 4.69) is 16.0 Å². The van der Waals surface area contributed by atoms with Crippen LogP contribution in [0, 0.1) is 0 Å². The zero-order chi connectivity index (χ0) is 17.6. The van der Waals surface area contributed by atoms with E-state index in [1.54, 1.807) is 42.5 Å². The molecule has 0 saturated heterocycles. The topological polar surface area (TPSA) is 79.5 Å². The summed E-state index contributed by atoms with van der Waals surface area (Å²) >= 11 is 0. The molecule has 7 heteroatoms. The van der Waals surface area contributed by atoms with Gasteiger partial charge in [-0.2, -0.15) is 0 Å². The summed E-state index contributed by atoms with van der Waals surface area (Å²) in [4.78, 5) is 24.5. The fourth-order valence-electron chi connectivity index (χ4n) is 2.55. The van der Waals surface area contributed by atoms with Gasteiger partial charge in [0, 0.05) is 18.7 Å². The second-order valence-electron chi connectivity index (χ2n) is 5.43. The van der Waals surface area contributed by atoms with E-state index in [-0.39, 0.29) is 18.4 Å². The number of nitrogens with one attached hydrogen (secondary N) is 3. The number of amides is 2. The van der Waals surface area contributed by atoms with Crippen molar-refractivity contribution in [3.05, 3.63) is 53.6 Å². The fourth-order valence-corrected chi connectivity index (χ4v) is 2.55. The first kappa shape index (κ1) is 16.8. The van der Waals surface area contributed by atoms with Crippen molar-refractivity contribution in [2.24, 2.45) is 0 Å². The van der Waals surface area contributed by atoms with Gasteiger partial charge >= 0.3 is 0 Å². The molecule has 3 N–H and O–H groups in total. The number of benzene rings is 2. The lowest BCUT2D eigenvalue weighted by Crippen LogP contribution is -2.24. The maximum atomic E-state index is 12.5. The largest absolute Gasteiger partial charge is 0.491 e. The van der Waals surface area contributed by atoms with Gasteiger partial charge in [0.15, 0.2) is 0 Å². The minimum atomic E-state index is -0.568. The first-order chi connectivity index (χ1) is 12.2. The van der Waals surface area contributed by atoms with Crippen molar-refractivity contribution in [2.45, 2.75) is 0 Å². The Labute approximate surface area is 144 Å². The molecule has 0 radical (unpaired) electrons. The smallest absolute Gasteiger partial charge is 0.255 e. The van der Waals surface area contributed by atoms with Crippen molar-refractivity contribution in [1.82, 2.24) is 5.32 Å². The van der Waals surface area contributed by atoms with Crippen LogP contribution in [-0.2, 0) is 0 Å². The Morgan fingerprint density at radius 3 is 2.64 bits per heavy atom. The predicted molar refractivity (Wildman–Crippen MR) is 93.1 cm³/mol. The van der Waals surface area contributed by atoms with Crippen molar-refractivity contribution < 1.29 is 18.7 Å². The van der Waals surface area contributed by atoms with Crippen LogP contribution < -0.4 is 20.7 Å². The molecule has 0 spiro atoms. The van der Waals surface area contributed by atoms with E-state index in [1.807, 2.05) is 0 Å². The highest BCUT2D eigenvalue weighted by Gasteiger charge is 2.18. The van der Waals surface area contributed by atoms with Crippen LogP contribution in [-0.4, -0.2) is 38.2 Å². The molecular weight excluding hydrogens is 325 g/mol. The van der Waals surface area contributed by atoms with E-state index < -0.39 is 6.67 Å². The van der Waals surface area contributed by atoms with Crippen LogP contribution in [0.4, 0.5) is 15.8 Å². The molecule has 130 valence electrons. The number of rotatable bonds is 5. The Kier molecular flexibility index (Phi) is 5.13. The third-order valence-corrected chi connectivity index (χ3v) is 3.73. The SMILES string of the molecule is O=C(Nc1cccc2c1NCCNC2=O)c1ccc(OCCF)cc1. The summed E-state index contributed by atoms with van der Waals surface area (Å²) < 4.78 is 17.2. The van der Waals surface area contributed by atoms with Crippen molar-refractivity contribution in [2.75, 3.05) is 37.0 Å². The van der Waals surface area contributed by atoms with Crippen molar-refractivity contribution in [3.8, 4) is 5.75 Å². The third-order valence-electron chi connectivity index (χ3n) is 3.73. The zero-order valence-electron chi connectivity index (χ0n) is 13.5. The van der Waals surface area contributed by atoms with Gasteiger partial charge in [0.1, 0.15) is 19.0 Å². The van der Waals surface area contributed by atoms with Crippen molar-refractivity contribution >= 4 is 23.2 Å². The number of alkyl halides is 1. The third kappa shape index (κ3) is 3.88. The summed E-state index contributed by atoms with van der Waals surface area (Å²) in [6, 6.07) is 11.6. The van der Waals surface area contributed by atoms with Gasteiger partial charge in [-0.3, -0.25) is 9.59 Å². The molecule has 0 saturated carbocycles. The van der Waals surface area contributed by atoms with E-state index in [9.17, 15) is 14.0 Å². The van der Waals surface area contributed by atoms with E-state index >= 15 is 0 Å². The number of para-hydroxylation sites is 1. The number of ether oxygens (including phenoxy) is 1. The first-order valence-electron chi connectivity index (χ1n) is 7.94. The van der Waals surface area contributed by atoms with E-state index in [0.29, 0.717) is 41.3 Å². The van der Waals surface area contributed by atoms with Gasteiger partial charge in [-0.05, 0) is 36.4 Å². The lowest BCUT2D eigenvalue weighted by atomic mass is 10.1. The highest BCUT2D eigenvalue weighted by atomic mass is 19.1. The maximum absolute atomic E-state index is 12.5. The van der Waals surface area contributed by atoms with Gasteiger partial charge in [-0.15, -0.1) is 0 Å². The van der Waals surface area contributed by atoms with Crippen LogP contribution in [0.2, 0.25) is 0 Å². The molecule has 1 heterocycles. The van der Waals surface area contributed by atoms with Gasteiger partial charge in [0.2, 0.25) is 0 Å². The van der Waals surface area contributed by atoms with Crippen LogP contribution in [0.15, 0.2) is 42.5 Å². The lowest BCUT2D eigenvalue weighted by molar-refractivity contribution is 0.0956. The van der Waals surface area contributed by atoms with Crippen LogP contribution in [0.25, 0.3) is 0 Å². The lowest BCUT2D eigenvalue weighted by Gasteiger charge is -2.14. The highest BCUT2D eigenvalue weighted by molar-refractivity contribution is 6.09. The summed E-state index contributed by atoms with van der Waals surface area (Å²) in [5, 5.41) is 8.76. The molecule has 1 aliphatic heterocycles. The molecule has 0 fully saturated rings. The minimum absolute atomic E-state index is 0.0184. The molecule has 25 heavy (non-hydrogen) atoms. The van der Waals surface area contributed by atoms with Gasteiger partial charge in [-0.25, -0.2) is 4.39 Å². The summed E-state index contributed by atoms with van der Waals surface area (Å²) in [6.07, 6.45) is 0. The summed E-state index contributed by atoms with van der Waals surface area (Å²) in [6.45, 7) is 0.505. The molecule has 0 unspecified atom stereocenters. The number of carbonyl (C=O) groups is 2. The van der Waals surface area contributed by atoms with E-state index in [1.165, 1.54) is 0 Å². The molecule has 6 nitrogen and oxygen atoms in total. The van der Waals surface area contributed by atoms with Crippen LogP contribution >= 0.6 is 0 Å². The monoisotopic (exact) mass is 343 g/mol. The summed E-state index contributed by atoms with van der Waals surface area (Å²) in [5.74, 6) is 0.0171. The number of hydrogen-bond acceptors (Lipinski definition) is 4. The highest BCUT2D eigenvalue weighted by Crippen LogP contribution is 2.28. The minimum Gasteiger partial charge on any atom is -0.491 e. The second kappa shape index (κ2) is 7.65. The zero-order valence-corrected chi connectivity index (χ0v) is 13.5. The second-order valence-corrected chi connectivity index (χ2v) is 5.43. The predicted octanol–water partition coefficient (Wildman–Crippen LogP) is 2.44. The Hall–Kier alpha value is -3.09. The Balaban J connectivity index is 1.77. The number of anilines is 2.